The van der Waals surface area contributed by atoms with Gasteiger partial charge in [-0.25, -0.2) is 0 Å². The van der Waals surface area contributed by atoms with Gasteiger partial charge in [-0.15, -0.1) is 0 Å². The third kappa shape index (κ3) is 1.03. The largest absolute Gasteiger partial charge is 0.398 e. The van der Waals surface area contributed by atoms with Crippen molar-refractivity contribution in [2.75, 3.05) is 5.73 Å². The molecule has 2 rings (SSSR count). The van der Waals surface area contributed by atoms with Gasteiger partial charge in [0.1, 0.15) is 0 Å². The van der Waals surface area contributed by atoms with Crippen molar-refractivity contribution in [2.24, 2.45) is 0 Å². The van der Waals surface area contributed by atoms with E-state index >= 15 is 0 Å². The van der Waals surface area contributed by atoms with Crippen LogP contribution in [0.2, 0.25) is 0 Å². The van der Waals surface area contributed by atoms with Gasteiger partial charge in [0, 0.05) is 22.3 Å². The lowest BCUT2D eigenvalue weighted by molar-refractivity contribution is 1.25. The molecule has 0 bridgehead atoms. The number of fused-ring (bicyclic) bond motifs is 1. The Morgan fingerprint density at radius 3 is 2.29 bits per heavy atom. The summed E-state index contributed by atoms with van der Waals surface area (Å²) in [5.74, 6) is 0. The Labute approximate surface area is 84.1 Å². The summed E-state index contributed by atoms with van der Waals surface area (Å²) < 4.78 is 0. The van der Waals surface area contributed by atoms with E-state index in [1.54, 1.807) is 0 Å². The maximum atomic E-state index is 5.93. The van der Waals surface area contributed by atoms with E-state index in [1.807, 2.05) is 6.07 Å². The number of aryl methyl sites for hydroxylation is 3. The summed E-state index contributed by atoms with van der Waals surface area (Å²) in [6.07, 6.45) is 0. The number of nitrogens with two attached hydrogens (primary N) is 1. The van der Waals surface area contributed by atoms with Crippen LogP contribution in [0.1, 0.15) is 22.4 Å². The number of hydrogen-bond donors (Lipinski definition) is 2. The highest BCUT2D eigenvalue weighted by Crippen LogP contribution is 2.30. The molecule has 1 heterocycles. The van der Waals surface area contributed by atoms with Crippen LogP contribution in [0.25, 0.3) is 10.9 Å². The van der Waals surface area contributed by atoms with Crippen LogP contribution < -0.4 is 5.73 Å². The Bertz CT molecular complexity index is 507. The molecule has 0 spiro atoms. The average molecular weight is 188 g/mol. The lowest BCUT2D eigenvalue weighted by Crippen LogP contribution is -1.93. The summed E-state index contributed by atoms with van der Waals surface area (Å²) in [4.78, 5) is 3.36. The van der Waals surface area contributed by atoms with Gasteiger partial charge in [-0.3, -0.25) is 0 Å². The molecule has 1 aromatic heterocycles. The van der Waals surface area contributed by atoms with Gasteiger partial charge in [-0.2, -0.15) is 0 Å². The summed E-state index contributed by atoms with van der Waals surface area (Å²) in [6, 6.07) is 2.03. The number of anilines is 1. The molecule has 0 saturated heterocycles. The number of nitrogen functional groups attached to an aromatic ring is 1. The average Bonchev–Trinajstić information content (AvgIpc) is 2.39. The van der Waals surface area contributed by atoms with Crippen molar-refractivity contribution in [3.8, 4) is 0 Å². The van der Waals surface area contributed by atoms with Crippen molar-refractivity contribution in [3.05, 3.63) is 28.5 Å². The smallest absolute Gasteiger partial charge is 0.0482 e. The molecule has 0 fully saturated rings. The van der Waals surface area contributed by atoms with Gasteiger partial charge in [0.25, 0.3) is 0 Å². The summed E-state index contributed by atoms with van der Waals surface area (Å²) in [6.45, 7) is 8.46. The molecule has 0 radical (unpaired) electrons. The maximum Gasteiger partial charge on any atom is 0.0482 e. The van der Waals surface area contributed by atoms with E-state index in [0.717, 1.165) is 11.2 Å². The van der Waals surface area contributed by atoms with Crippen molar-refractivity contribution in [1.82, 2.24) is 4.98 Å². The third-order valence-corrected chi connectivity index (χ3v) is 3.20. The van der Waals surface area contributed by atoms with Crippen LogP contribution in [0.3, 0.4) is 0 Å². The van der Waals surface area contributed by atoms with E-state index in [4.69, 9.17) is 5.73 Å². The maximum absolute atomic E-state index is 5.93. The molecular formula is C12H16N2. The molecule has 0 saturated carbocycles. The van der Waals surface area contributed by atoms with Gasteiger partial charge in [0.2, 0.25) is 0 Å². The number of H-pyrrole nitrogens is 1. The second kappa shape index (κ2) is 2.77. The topological polar surface area (TPSA) is 41.8 Å². The van der Waals surface area contributed by atoms with Crippen LogP contribution in [0.5, 0.6) is 0 Å². The number of benzene rings is 1. The minimum atomic E-state index is 0.872. The molecule has 14 heavy (non-hydrogen) atoms. The standard InChI is InChI=1S/C12H16N2/c1-6-7(2)12-8(3)9(4)14-11(12)5-10(6)13/h5,14H,13H2,1-4H3. The molecule has 0 aliphatic carbocycles. The molecular weight excluding hydrogens is 172 g/mol. The molecule has 2 heteroatoms. The van der Waals surface area contributed by atoms with E-state index in [1.165, 1.54) is 27.8 Å². The number of aromatic nitrogens is 1. The molecule has 0 atom stereocenters. The van der Waals surface area contributed by atoms with E-state index < -0.39 is 0 Å². The van der Waals surface area contributed by atoms with Gasteiger partial charge in [0.05, 0.1) is 0 Å². The number of aromatic amines is 1. The quantitative estimate of drug-likeness (QED) is 0.613. The van der Waals surface area contributed by atoms with Crippen LogP contribution in [0.15, 0.2) is 6.07 Å². The fourth-order valence-corrected chi connectivity index (χ4v) is 2.01. The summed E-state index contributed by atoms with van der Waals surface area (Å²) in [5.41, 5.74) is 13.0. The van der Waals surface area contributed by atoms with Crippen molar-refractivity contribution in [3.63, 3.8) is 0 Å². The van der Waals surface area contributed by atoms with Gasteiger partial charge in [-0.1, -0.05) is 0 Å². The minimum absolute atomic E-state index is 0.872. The highest BCUT2D eigenvalue weighted by molar-refractivity contribution is 5.91. The van der Waals surface area contributed by atoms with Crippen LogP contribution >= 0.6 is 0 Å². The Morgan fingerprint density at radius 1 is 1.00 bits per heavy atom. The molecule has 2 nitrogen and oxygen atoms in total. The van der Waals surface area contributed by atoms with E-state index in [9.17, 15) is 0 Å². The Morgan fingerprint density at radius 2 is 1.64 bits per heavy atom. The fourth-order valence-electron chi connectivity index (χ4n) is 2.01. The fraction of sp³-hybridized carbons (Fsp3) is 0.333. The van der Waals surface area contributed by atoms with Gasteiger partial charge in [0.15, 0.2) is 0 Å². The molecule has 1 aromatic carbocycles. The first-order valence-electron chi connectivity index (χ1n) is 4.87. The first kappa shape index (κ1) is 9.13. The Balaban J connectivity index is 2.99. The second-order valence-electron chi connectivity index (χ2n) is 4.01. The number of hydrogen-bond acceptors (Lipinski definition) is 1. The summed E-state index contributed by atoms with van der Waals surface area (Å²) in [5, 5.41) is 1.33. The molecule has 2 aromatic rings. The zero-order chi connectivity index (χ0) is 10.5. The van der Waals surface area contributed by atoms with E-state index in [2.05, 4.69) is 32.7 Å². The lowest BCUT2D eigenvalue weighted by Gasteiger charge is -2.06. The molecule has 0 amide bonds. The van der Waals surface area contributed by atoms with Gasteiger partial charge >= 0.3 is 0 Å². The first-order chi connectivity index (χ1) is 6.52. The number of rotatable bonds is 0. The molecule has 0 unspecified atom stereocenters. The zero-order valence-corrected chi connectivity index (χ0v) is 9.15. The van der Waals surface area contributed by atoms with Crippen molar-refractivity contribution < 1.29 is 0 Å². The minimum Gasteiger partial charge on any atom is -0.398 e. The highest BCUT2D eigenvalue weighted by Gasteiger charge is 2.10. The predicted octanol–water partition coefficient (Wildman–Crippen LogP) is 2.98. The van der Waals surface area contributed by atoms with Crippen LogP contribution in [-0.2, 0) is 0 Å². The van der Waals surface area contributed by atoms with Crippen molar-refractivity contribution >= 4 is 16.6 Å². The first-order valence-corrected chi connectivity index (χ1v) is 4.87. The Kier molecular flexibility index (Phi) is 1.81. The second-order valence-corrected chi connectivity index (χ2v) is 4.01. The summed E-state index contributed by atoms with van der Waals surface area (Å²) >= 11 is 0. The van der Waals surface area contributed by atoms with Crippen LogP contribution in [0, 0.1) is 27.7 Å². The molecule has 0 aliphatic heterocycles. The monoisotopic (exact) mass is 188 g/mol. The van der Waals surface area contributed by atoms with Crippen LogP contribution in [0.4, 0.5) is 5.69 Å². The zero-order valence-electron chi connectivity index (χ0n) is 9.15. The Hall–Kier alpha value is -1.44. The van der Waals surface area contributed by atoms with E-state index in [0.29, 0.717) is 0 Å². The van der Waals surface area contributed by atoms with Gasteiger partial charge < -0.3 is 10.7 Å². The van der Waals surface area contributed by atoms with Crippen molar-refractivity contribution in [2.45, 2.75) is 27.7 Å². The third-order valence-electron chi connectivity index (χ3n) is 3.20. The molecule has 74 valence electrons. The SMILES string of the molecule is Cc1[nH]c2cc(N)c(C)c(C)c2c1C. The van der Waals surface area contributed by atoms with Gasteiger partial charge in [-0.05, 0) is 50.5 Å². The highest BCUT2D eigenvalue weighted by atomic mass is 14.7. The number of nitrogens with one attached hydrogen (secondary N) is 1. The normalized spacial score (nSPS) is 11.1. The summed E-state index contributed by atoms with van der Waals surface area (Å²) in [7, 11) is 0. The molecule has 0 aliphatic rings. The molecule has 3 N–H and O–H groups in total. The lowest BCUT2D eigenvalue weighted by atomic mass is 10.0. The predicted molar refractivity (Wildman–Crippen MR) is 61.7 cm³/mol. The van der Waals surface area contributed by atoms with E-state index in [-0.39, 0.29) is 0 Å². The van der Waals surface area contributed by atoms with Crippen molar-refractivity contribution in [1.29, 1.82) is 0 Å². The van der Waals surface area contributed by atoms with Crippen LogP contribution in [-0.4, -0.2) is 4.98 Å².